The number of aryl methyl sites for hydroxylation is 1. The number of hydrogen-bond donors (Lipinski definition) is 3. The first-order chi connectivity index (χ1) is 13.2. The molecule has 1 aromatic heterocycles. The lowest BCUT2D eigenvalue weighted by Gasteiger charge is -2.18. The Morgan fingerprint density at radius 2 is 2.04 bits per heavy atom. The van der Waals surface area contributed by atoms with E-state index < -0.39 is 0 Å². The van der Waals surface area contributed by atoms with Crippen molar-refractivity contribution in [3.8, 4) is 5.75 Å². The summed E-state index contributed by atoms with van der Waals surface area (Å²) in [6.45, 7) is 0.973. The van der Waals surface area contributed by atoms with E-state index in [0.717, 1.165) is 28.2 Å². The van der Waals surface area contributed by atoms with Gasteiger partial charge in [0.15, 0.2) is 0 Å². The second kappa shape index (κ2) is 7.38. The zero-order valence-electron chi connectivity index (χ0n) is 15.4. The number of imidazole rings is 1. The summed E-state index contributed by atoms with van der Waals surface area (Å²) < 4.78 is 7.22. The van der Waals surface area contributed by atoms with Crippen LogP contribution in [0.4, 0.5) is 0 Å². The third kappa shape index (κ3) is 3.39. The number of hydrogen-bond acceptors (Lipinski definition) is 5. The van der Waals surface area contributed by atoms with Crippen molar-refractivity contribution in [1.82, 2.24) is 25.7 Å². The van der Waals surface area contributed by atoms with Crippen LogP contribution >= 0.6 is 0 Å². The van der Waals surface area contributed by atoms with E-state index in [0.29, 0.717) is 13.1 Å². The zero-order chi connectivity index (χ0) is 18.8. The van der Waals surface area contributed by atoms with Crippen molar-refractivity contribution in [2.45, 2.75) is 12.6 Å². The van der Waals surface area contributed by atoms with Gasteiger partial charge in [0.25, 0.3) is 0 Å². The third-order valence-electron chi connectivity index (χ3n) is 5.09. The number of carbonyl (C=O) groups is 1. The lowest BCUT2D eigenvalue weighted by molar-refractivity contribution is -0.125. The van der Waals surface area contributed by atoms with Crippen molar-refractivity contribution in [3.63, 3.8) is 0 Å². The quantitative estimate of drug-likeness (QED) is 0.641. The van der Waals surface area contributed by atoms with Crippen LogP contribution in [0, 0.1) is 5.92 Å². The van der Waals surface area contributed by atoms with E-state index in [-0.39, 0.29) is 17.9 Å². The predicted molar refractivity (Wildman–Crippen MR) is 103 cm³/mol. The van der Waals surface area contributed by atoms with Crippen LogP contribution in [0.15, 0.2) is 48.5 Å². The lowest BCUT2D eigenvalue weighted by atomic mass is 9.94. The summed E-state index contributed by atoms with van der Waals surface area (Å²) >= 11 is 0. The second-order valence-electron chi connectivity index (χ2n) is 6.68. The molecule has 2 heterocycles. The molecule has 4 rings (SSSR count). The van der Waals surface area contributed by atoms with Gasteiger partial charge in [0.2, 0.25) is 5.91 Å². The zero-order valence-corrected chi connectivity index (χ0v) is 15.4. The van der Waals surface area contributed by atoms with Gasteiger partial charge in [-0.15, -0.1) is 0 Å². The van der Waals surface area contributed by atoms with E-state index >= 15 is 0 Å². The first-order valence-electron chi connectivity index (χ1n) is 8.98. The highest BCUT2D eigenvalue weighted by Gasteiger charge is 2.33. The number of hydrazine groups is 1. The van der Waals surface area contributed by atoms with Gasteiger partial charge in [0, 0.05) is 13.6 Å². The average Bonchev–Trinajstić information content (AvgIpc) is 3.32. The van der Waals surface area contributed by atoms with Gasteiger partial charge in [-0.05, 0) is 29.8 Å². The van der Waals surface area contributed by atoms with Crippen LogP contribution in [0.1, 0.15) is 17.4 Å². The molecule has 2 aromatic carbocycles. The van der Waals surface area contributed by atoms with Gasteiger partial charge in [-0.1, -0.05) is 24.3 Å². The normalized spacial score (nSPS) is 19.3. The number of rotatable bonds is 5. The van der Waals surface area contributed by atoms with E-state index in [2.05, 4.69) is 21.2 Å². The van der Waals surface area contributed by atoms with Gasteiger partial charge in [-0.25, -0.2) is 10.4 Å². The van der Waals surface area contributed by atoms with Crippen molar-refractivity contribution in [2.75, 3.05) is 13.7 Å². The number of aromatic nitrogens is 2. The van der Waals surface area contributed by atoms with E-state index in [1.807, 2.05) is 60.1 Å². The van der Waals surface area contributed by atoms with Crippen molar-refractivity contribution in [2.24, 2.45) is 13.0 Å². The molecule has 1 aliphatic rings. The summed E-state index contributed by atoms with van der Waals surface area (Å²) in [5.41, 5.74) is 9.34. The highest BCUT2D eigenvalue weighted by Crippen LogP contribution is 2.26. The Bertz CT molecular complexity index is 951. The van der Waals surface area contributed by atoms with E-state index in [9.17, 15) is 4.79 Å². The SMILES string of the molecule is COc1ccc(C2NNCC2C(=O)NCc2nc3ccccc3n2C)cc1. The summed E-state index contributed by atoms with van der Waals surface area (Å²) in [5, 5.41) is 3.04. The van der Waals surface area contributed by atoms with E-state index in [1.54, 1.807) is 7.11 Å². The molecule has 3 N–H and O–H groups in total. The summed E-state index contributed by atoms with van der Waals surface area (Å²) in [6.07, 6.45) is 0. The highest BCUT2D eigenvalue weighted by atomic mass is 16.5. The number of nitrogens with zero attached hydrogens (tertiary/aromatic N) is 2. The minimum absolute atomic E-state index is 0.000346. The third-order valence-corrected chi connectivity index (χ3v) is 5.09. The maximum atomic E-state index is 12.8. The second-order valence-corrected chi connectivity index (χ2v) is 6.68. The molecule has 1 saturated heterocycles. The van der Waals surface area contributed by atoms with Gasteiger partial charge < -0.3 is 14.6 Å². The molecule has 1 aliphatic heterocycles. The number of methoxy groups -OCH3 is 1. The van der Waals surface area contributed by atoms with Crippen molar-refractivity contribution in [1.29, 1.82) is 0 Å². The monoisotopic (exact) mass is 365 g/mol. The fraction of sp³-hybridized carbons (Fsp3) is 0.300. The molecule has 0 aliphatic carbocycles. The molecule has 2 unspecified atom stereocenters. The Balaban J connectivity index is 1.45. The molecular weight excluding hydrogens is 342 g/mol. The van der Waals surface area contributed by atoms with Gasteiger partial charge in [0.05, 0.1) is 36.6 Å². The van der Waals surface area contributed by atoms with Crippen LogP contribution in [-0.4, -0.2) is 29.1 Å². The summed E-state index contributed by atoms with van der Waals surface area (Å²) in [5.74, 6) is 1.44. The average molecular weight is 365 g/mol. The highest BCUT2D eigenvalue weighted by molar-refractivity contribution is 5.80. The number of amides is 1. The predicted octanol–water partition coefficient (Wildman–Crippen LogP) is 1.66. The lowest BCUT2D eigenvalue weighted by Crippen LogP contribution is -2.35. The standard InChI is InChI=1S/C20H23N5O2/c1-25-17-6-4-3-5-16(17)23-18(25)12-21-20(26)15-11-22-24-19(15)13-7-9-14(27-2)10-8-13/h3-10,15,19,22,24H,11-12H2,1-2H3,(H,21,26). The number of benzene rings is 2. The van der Waals surface area contributed by atoms with Gasteiger partial charge in [-0.2, -0.15) is 0 Å². The Labute approximate surface area is 157 Å². The summed E-state index contributed by atoms with van der Waals surface area (Å²) in [6, 6.07) is 15.6. The van der Waals surface area contributed by atoms with Crippen LogP contribution in [0.5, 0.6) is 5.75 Å². The molecule has 7 nitrogen and oxygen atoms in total. The molecule has 7 heteroatoms. The molecule has 0 spiro atoms. The Morgan fingerprint density at radius 3 is 2.78 bits per heavy atom. The Morgan fingerprint density at radius 1 is 1.26 bits per heavy atom. The molecule has 2 atom stereocenters. The topological polar surface area (TPSA) is 80.2 Å². The number of para-hydroxylation sites is 2. The van der Waals surface area contributed by atoms with Gasteiger partial charge in [-0.3, -0.25) is 10.2 Å². The molecule has 1 amide bonds. The minimum Gasteiger partial charge on any atom is -0.497 e. The van der Waals surface area contributed by atoms with Crippen LogP contribution < -0.4 is 20.9 Å². The molecule has 0 radical (unpaired) electrons. The maximum Gasteiger partial charge on any atom is 0.226 e. The molecular formula is C20H23N5O2. The van der Waals surface area contributed by atoms with Crippen LogP contribution in [0.2, 0.25) is 0 Å². The molecule has 140 valence electrons. The van der Waals surface area contributed by atoms with Crippen LogP contribution in [-0.2, 0) is 18.4 Å². The van der Waals surface area contributed by atoms with Gasteiger partial charge in [0.1, 0.15) is 11.6 Å². The van der Waals surface area contributed by atoms with Crippen LogP contribution in [0.25, 0.3) is 11.0 Å². The largest absolute Gasteiger partial charge is 0.497 e. The first-order valence-corrected chi connectivity index (χ1v) is 8.98. The number of carbonyl (C=O) groups excluding carboxylic acids is 1. The Hall–Kier alpha value is -2.90. The summed E-state index contributed by atoms with van der Waals surface area (Å²) in [4.78, 5) is 17.4. The number of ether oxygens (including phenoxy) is 1. The van der Waals surface area contributed by atoms with Crippen molar-refractivity contribution in [3.05, 3.63) is 59.9 Å². The van der Waals surface area contributed by atoms with Crippen molar-refractivity contribution < 1.29 is 9.53 Å². The fourth-order valence-electron chi connectivity index (χ4n) is 3.52. The fourth-order valence-corrected chi connectivity index (χ4v) is 3.52. The smallest absolute Gasteiger partial charge is 0.226 e. The maximum absolute atomic E-state index is 12.8. The molecule has 0 saturated carbocycles. The van der Waals surface area contributed by atoms with Gasteiger partial charge >= 0.3 is 0 Å². The first kappa shape index (κ1) is 17.5. The van der Waals surface area contributed by atoms with E-state index in [1.165, 1.54) is 0 Å². The molecule has 1 fully saturated rings. The van der Waals surface area contributed by atoms with Crippen molar-refractivity contribution >= 4 is 16.9 Å². The van der Waals surface area contributed by atoms with Crippen LogP contribution in [0.3, 0.4) is 0 Å². The minimum atomic E-state index is -0.201. The Kier molecular flexibility index (Phi) is 4.79. The molecule has 27 heavy (non-hydrogen) atoms. The summed E-state index contributed by atoms with van der Waals surface area (Å²) in [7, 11) is 3.61. The number of fused-ring (bicyclic) bond motifs is 1. The number of nitrogens with one attached hydrogen (secondary N) is 3. The molecule has 0 bridgehead atoms. The van der Waals surface area contributed by atoms with E-state index in [4.69, 9.17) is 4.74 Å². The molecule has 3 aromatic rings.